The average Bonchev–Trinajstić information content (AvgIpc) is 3.05. The van der Waals surface area contributed by atoms with Crippen LogP contribution in [-0.2, 0) is 0 Å². The van der Waals surface area contributed by atoms with E-state index in [-0.39, 0.29) is 6.10 Å². The van der Waals surface area contributed by atoms with Gasteiger partial charge in [0.15, 0.2) is 0 Å². The van der Waals surface area contributed by atoms with Gasteiger partial charge in [0.25, 0.3) is 0 Å². The van der Waals surface area contributed by atoms with Crippen molar-refractivity contribution in [3.8, 4) is 0 Å². The molecule has 0 amide bonds. The van der Waals surface area contributed by atoms with E-state index in [0.29, 0.717) is 16.7 Å². The Morgan fingerprint density at radius 2 is 1.70 bits per heavy atom. The first-order chi connectivity index (χ1) is 14.2. The molecule has 0 aromatic rings. The van der Waals surface area contributed by atoms with Crippen LogP contribution in [0, 0.1) is 58.2 Å². The first kappa shape index (κ1) is 22.9. The number of fused-ring (bicyclic) bond motifs is 5. The van der Waals surface area contributed by atoms with Crippen molar-refractivity contribution in [2.45, 2.75) is 112 Å². The summed E-state index contributed by atoms with van der Waals surface area (Å²) >= 11 is 0. The van der Waals surface area contributed by atoms with Crippen molar-refractivity contribution < 1.29 is 5.11 Å². The molecule has 0 heterocycles. The lowest BCUT2D eigenvalue weighted by atomic mass is 9.44. The molecule has 0 radical (unpaired) electrons. The van der Waals surface area contributed by atoms with Crippen LogP contribution in [0.2, 0.25) is 0 Å². The lowest BCUT2D eigenvalue weighted by Crippen LogP contribution is -2.56. The minimum atomic E-state index is -0.108. The van der Waals surface area contributed by atoms with Gasteiger partial charge in [-0.2, -0.15) is 0 Å². The Kier molecular flexibility index (Phi) is 6.53. The molecule has 3 fully saturated rings. The number of hydrogen-bond acceptors (Lipinski definition) is 1. The van der Waals surface area contributed by atoms with Crippen LogP contribution >= 0.6 is 0 Å². The summed E-state index contributed by atoms with van der Waals surface area (Å²) in [7, 11) is 0. The first-order valence-corrected chi connectivity index (χ1v) is 13.6. The van der Waals surface area contributed by atoms with Crippen LogP contribution in [0.4, 0.5) is 0 Å². The second-order valence-electron chi connectivity index (χ2n) is 12.9. The molecule has 30 heavy (non-hydrogen) atoms. The van der Waals surface area contributed by atoms with Gasteiger partial charge in [-0.3, -0.25) is 0 Å². The second-order valence-corrected chi connectivity index (χ2v) is 12.9. The summed E-state index contributed by atoms with van der Waals surface area (Å²) in [4.78, 5) is 0. The van der Waals surface area contributed by atoms with Crippen molar-refractivity contribution in [1.29, 1.82) is 0 Å². The van der Waals surface area contributed by atoms with Crippen LogP contribution in [-0.4, -0.2) is 11.2 Å². The van der Waals surface area contributed by atoms with Crippen molar-refractivity contribution in [2.75, 3.05) is 0 Å². The minimum absolute atomic E-state index is 0.108. The summed E-state index contributed by atoms with van der Waals surface area (Å²) in [5, 5.41) is 11.2. The fourth-order valence-corrected chi connectivity index (χ4v) is 9.55. The topological polar surface area (TPSA) is 20.2 Å². The highest BCUT2D eigenvalue weighted by atomic mass is 16.3. The molecule has 0 saturated heterocycles. The number of aliphatic hydroxyl groups excluding tert-OH is 1. The predicted octanol–water partition coefficient (Wildman–Crippen LogP) is 7.88. The first-order valence-electron chi connectivity index (χ1n) is 13.6. The zero-order chi connectivity index (χ0) is 21.7. The fourth-order valence-electron chi connectivity index (χ4n) is 9.55. The molecule has 0 spiro atoms. The van der Waals surface area contributed by atoms with E-state index in [1.807, 2.05) is 0 Å². The predicted molar refractivity (Wildman–Crippen MR) is 128 cm³/mol. The van der Waals surface area contributed by atoms with Gasteiger partial charge in [0.05, 0.1) is 6.10 Å². The van der Waals surface area contributed by atoms with E-state index in [2.05, 4.69) is 53.7 Å². The van der Waals surface area contributed by atoms with E-state index in [9.17, 15) is 5.11 Å². The third-order valence-electron chi connectivity index (χ3n) is 11.4. The molecule has 1 nitrogen and oxygen atoms in total. The molecule has 2 unspecified atom stereocenters. The molecule has 0 aliphatic heterocycles. The highest BCUT2D eigenvalue weighted by Gasteiger charge is 2.61. The Balaban J connectivity index is 1.49. The Labute approximate surface area is 187 Å². The lowest BCUT2D eigenvalue weighted by Gasteiger charge is -2.61. The standard InChI is InChI=1S/C29H50O/c1-7-21(19(2)3)12-11-20(4)23-13-14-24-22-18-27(30)26-10-8-9-16-28(26,5)25(22)15-17-29(23,24)6/h8,10,19-27,30H,7,9,11-18H2,1-6H3/t20-,21-,22+,23-,24+,25+,26?,27?,28-,29-/m1/s1. The van der Waals surface area contributed by atoms with E-state index in [1.54, 1.807) is 0 Å². The van der Waals surface area contributed by atoms with Gasteiger partial charge in [0.1, 0.15) is 0 Å². The van der Waals surface area contributed by atoms with E-state index >= 15 is 0 Å². The van der Waals surface area contributed by atoms with E-state index in [0.717, 1.165) is 47.8 Å². The number of hydrogen-bond donors (Lipinski definition) is 1. The minimum Gasteiger partial charge on any atom is -0.392 e. The Bertz CT molecular complexity index is 622. The normalized spacial score (nSPS) is 47.5. The summed E-state index contributed by atoms with van der Waals surface area (Å²) < 4.78 is 0. The summed E-state index contributed by atoms with van der Waals surface area (Å²) in [6.07, 6.45) is 18.1. The molecular weight excluding hydrogens is 364 g/mol. The monoisotopic (exact) mass is 414 g/mol. The molecule has 4 aliphatic carbocycles. The quantitative estimate of drug-likeness (QED) is 0.438. The molecule has 4 aliphatic rings. The van der Waals surface area contributed by atoms with Gasteiger partial charge in [0, 0.05) is 5.92 Å². The second kappa shape index (κ2) is 8.57. The van der Waals surface area contributed by atoms with Gasteiger partial charge in [-0.1, -0.05) is 66.5 Å². The fraction of sp³-hybridized carbons (Fsp3) is 0.931. The molecular formula is C29H50O. The maximum absolute atomic E-state index is 11.2. The SMILES string of the molecule is CC[C@H](CC[C@@H](C)[C@H]1CC[C@H]2[C@@H]3CC(O)C4C=CCC[C@]4(C)[C@H]3CC[C@]12C)C(C)C. The van der Waals surface area contributed by atoms with Gasteiger partial charge in [-0.15, -0.1) is 0 Å². The Morgan fingerprint density at radius 3 is 2.40 bits per heavy atom. The van der Waals surface area contributed by atoms with Gasteiger partial charge >= 0.3 is 0 Å². The average molecular weight is 415 g/mol. The van der Waals surface area contributed by atoms with E-state index in [1.165, 1.54) is 57.8 Å². The van der Waals surface area contributed by atoms with Crippen LogP contribution in [0.25, 0.3) is 0 Å². The molecule has 4 rings (SSSR count). The van der Waals surface area contributed by atoms with Crippen molar-refractivity contribution in [2.24, 2.45) is 58.2 Å². The maximum atomic E-state index is 11.2. The van der Waals surface area contributed by atoms with Crippen LogP contribution in [0.15, 0.2) is 12.2 Å². The highest BCUT2D eigenvalue weighted by molar-refractivity contribution is 5.15. The van der Waals surface area contributed by atoms with Crippen LogP contribution in [0.1, 0.15) is 106 Å². The molecule has 1 heteroatoms. The number of allylic oxidation sites excluding steroid dienone is 1. The molecule has 172 valence electrons. The largest absolute Gasteiger partial charge is 0.392 e. The molecule has 0 bridgehead atoms. The summed E-state index contributed by atoms with van der Waals surface area (Å²) in [5.74, 6) is 6.37. The van der Waals surface area contributed by atoms with Crippen LogP contribution in [0.3, 0.4) is 0 Å². The van der Waals surface area contributed by atoms with Crippen molar-refractivity contribution >= 4 is 0 Å². The number of aliphatic hydroxyl groups is 1. The third-order valence-corrected chi connectivity index (χ3v) is 11.4. The summed E-state index contributed by atoms with van der Waals surface area (Å²) in [5.41, 5.74) is 0.862. The summed E-state index contributed by atoms with van der Waals surface area (Å²) in [6, 6.07) is 0. The lowest BCUT2D eigenvalue weighted by molar-refractivity contribution is -0.137. The molecule has 3 saturated carbocycles. The van der Waals surface area contributed by atoms with Crippen LogP contribution < -0.4 is 0 Å². The van der Waals surface area contributed by atoms with Gasteiger partial charge in [-0.05, 0) is 104 Å². The molecule has 10 atom stereocenters. The van der Waals surface area contributed by atoms with E-state index in [4.69, 9.17) is 0 Å². The molecule has 0 aromatic carbocycles. The smallest absolute Gasteiger partial charge is 0.0611 e. The maximum Gasteiger partial charge on any atom is 0.0611 e. The van der Waals surface area contributed by atoms with E-state index < -0.39 is 0 Å². The van der Waals surface area contributed by atoms with Crippen molar-refractivity contribution in [3.63, 3.8) is 0 Å². The molecule has 1 N–H and O–H groups in total. The number of rotatable bonds is 6. The Hall–Kier alpha value is -0.300. The van der Waals surface area contributed by atoms with Gasteiger partial charge < -0.3 is 5.11 Å². The van der Waals surface area contributed by atoms with Gasteiger partial charge in [0.2, 0.25) is 0 Å². The third kappa shape index (κ3) is 3.64. The van der Waals surface area contributed by atoms with Crippen LogP contribution in [0.5, 0.6) is 0 Å². The van der Waals surface area contributed by atoms with Gasteiger partial charge in [-0.25, -0.2) is 0 Å². The van der Waals surface area contributed by atoms with Crippen molar-refractivity contribution in [1.82, 2.24) is 0 Å². The molecule has 0 aromatic heterocycles. The zero-order valence-corrected chi connectivity index (χ0v) is 20.9. The summed E-state index contributed by atoms with van der Waals surface area (Å²) in [6.45, 7) is 15.0. The zero-order valence-electron chi connectivity index (χ0n) is 20.9. The Morgan fingerprint density at radius 1 is 0.967 bits per heavy atom. The van der Waals surface area contributed by atoms with Crippen molar-refractivity contribution in [3.05, 3.63) is 12.2 Å². The highest BCUT2D eigenvalue weighted by Crippen LogP contribution is 2.67.